The van der Waals surface area contributed by atoms with Crippen molar-refractivity contribution in [2.75, 3.05) is 5.32 Å². The van der Waals surface area contributed by atoms with Crippen LogP contribution in [0.2, 0.25) is 0 Å². The van der Waals surface area contributed by atoms with Gasteiger partial charge in [0.2, 0.25) is 0 Å². The van der Waals surface area contributed by atoms with Crippen LogP contribution in [0.25, 0.3) is 0 Å². The molecule has 0 spiro atoms. The Morgan fingerprint density at radius 2 is 1.96 bits per heavy atom. The number of nitrogens with one attached hydrogen (secondary N) is 1. The van der Waals surface area contributed by atoms with Crippen molar-refractivity contribution in [1.82, 2.24) is 9.97 Å². The van der Waals surface area contributed by atoms with Crippen LogP contribution in [0.4, 0.5) is 9.39 Å². The van der Waals surface area contributed by atoms with Crippen LogP contribution in [-0.2, 0) is 0 Å². The molecule has 0 aliphatic heterocycles. The minimum Gasteiger partial charge on any atom is -0.429 e. The lowest BCUT2D eigenvalue weighted by molar-refractivity contribution is 0.0996. The summed E-state index contributed by atoms with van der Waals surface area (Å²) in [5.74, 6) is -1.38. The highest BCUT2D eigenvalue weighted by atomic mass is 32.1. The van der Waals surface area contributed by atoms with Gasteiger partial charge < -0.3 is 15.8 Å². The Kier molecular flexibility index (Phi) is 4.66. The second-order valence-corrected chi connectivity index (χ2v) is 5.74. The average molecular weight is 358 g/mol. The van der Waals surface area contributed by atoms with E-state index in [9.17, 15) is 14.0 Å². The van der Waals surface area contributed by atoms with Crippen molar-refractivity contribution in [2.45, 2.75) is 0 Å². The van der Waals surface area contributed by atoms with Gasteiger partial charge in [-0.05, 0) is 36.4 Å². The highest BCUT2D eigenvalue weighted by molar-refractivity contribution is 7.18. The van der Waals surface area contributed by atoms with Crippen molar-refractivity contribution in [3.05, 3.63) is 65.9 Å². The lowest BCUT2D eigenvalue weighted by atomic mass is 10.2. The van der Waals surface area contributed by atoms with Crippen LogP contribution in [0.3, 0.4) is 0 Å². The summed E-state index contributed by atoms with van der Waals surface area (Å²) in [7, 11) is 0. The van der Waals surface area contributed by atoms with E-state index in [1.165, 1.54) is 18.3 Å². The molecule has 0 saturated carbocycles. The number of ether oxygens (including phenoxy) is 1. The van der Waals surface area contributed by atoms with Gasteiger partial charge in [-0.15, -0.1) is 0 Å². The zero-order valence-electron chi connectivity index (χ0n) is 12.6. The number of rotatable bonds is 5. The lowest BCUT2D eigenvalue weighted by Crippen LogP contribution is -2.17. The van der Waals surface area contributed by atoms with E-state index in [-0.39, 0.29) is 21.5 Å². The molecule has 7 nitrogen and oxygen atoms in total. The first-order valence-electron chi connectivity index (χ1n) is 6.98. The van der Waals surface area contributed by atoms with Gasteiger partial charge in [-0.25, -0.2) is 4.39 Å². The maximum absolute atomic E-state index is 12.9. The largest absolute Gasteiger partial charge is 0.429 e. The number of thiazole rings is 1. The second kappa shape index (κ2) is 7.05. The normalized spacial score (nSPS) is 10.3. The van der Waals surface area contributed by atoms with Crippen LogP contribution >= 0.6 is 11.3 Å². The first kappa shape index (κ1) is 16.5. The van der Waals surface area contributed by atoms with Crippen LogP contribution < -0.4 is 15.8 Å². The maximum atomic E-state index is 12.9. The summed E-state index contributed by atoms with van der Waals surface area (Å²) < 4.78 is 18.4. The van der Waals surface area contributed by atoms with Crippen molar-refractivity contribution in [3.8, 4) is 10.9 Å². The summed E-state index contributed by atoms with van der Waals surface area (Å²) in [5.41, 5.74) is 5.39. The van der Waals surface area contributed by atoms with E-state index in [0.29, 0.717) is 5.75 Å². The fourth-order valence-electron chi connectivity index (χ4n) is 1.88. The molecule has 2 heterocycles. The molecule has 126 valence electrons. The van der Waals surface area contributed by atoms with Crippen LogP contribution in [0.5, 0.6) is 10.9 Å². The Hall–Kier alpha value is -3.33. The zero-order chi connectivity index (χ0) is 17.8. The predicted octanol–water partition coefficient (Wildman–Crippen LogP) is 2.82. The van der Waals surface area contributed by atoms with E-state index >= 15 is 0 Å². The Labute approximate surface area is 145 Å². The molecule has 0 unspecified atom stereocenters. The molecular weight excluding hydrogens is 347 g/mol. The third-order valence-electron chi connectivity index (χ3n) is 3.01. The maximum Gasteiger partial charge on any atom is 0.281 e. The van der Waals surface area contributed by atoms with Crippen molar-refractivity contribution in [3.63, 3.8) is 0 Å². The molecule has 0 atom stereocenters. The summed E-state index contributed by atoms with van der Waals surface area (Å²) in [4.78, 5) is 31.6. The molecule has 25 heavy (non-hydrogen) atoms. The number of primary amides is 1. The molecule has 1 aromatic carbocycles. The van der Waals surface area contributed by atoms with E-state index in [2.05, 4.69) is 15.3 Å². The van der Waals surface area contributed by atoms with Crippen LogP contribution in [0.15, 0.2) is 48.8 Å². The SMILES string of the molecule is NC(=O)c1nc(Oc2cccnc2)sc1NC(=O)c1ccc(F)cc1. The number of benzene rings is 1. The van der Waals surface area contributed by atoms with E-state index < -0.39 is 17.6 Å². The second-order valence-electron chi connectivity index (χ2n) is 4.77. The zero-order valence-corrected chi connectivity index (χ0v) is 13.4. The molecule has 2 aromatic heterocycles. The number of nitrogens with zero attached hydrogens (tertiary/aromatic N) is 2. The average Bonchev–Trinajstić information content (AvgIpc) is 2.99. The van der Waals surface area contributed by atoms with Crippen molar-refractivity contribution >= 4 is 28.2 Å². The fraction of sp³-hybridized carbons (Fsp3) is 0. The van der Waals surface area contributed by atoms with Gasteiger partial charge in [0.1, 0.15) is 16.6 Å². The molecule has 3 aromatic rings. The Bertz CT molecular complexity index is 913. The van der Waals surface area contributed by atoms with Gasteiger partial charge in [0.05, 0.1) is 6.20 Å². The number of hydrogen-bond acceptors (Lipinski definition) is 6. The highest BCUT2D eigenvalue weighted by Crippen LogP contribution is 2.33. The first-order valence-corrected chi connectivity index (χ1v) is 7.80. The number of pyridine rings is 1. The number of aromatic nitrogens is 2. The topological polar surface area (TPSA) is 107 Å². The lowest BCUT2D eigenvalue weighted by Gasteiger charge is -2.03. The number of hydrogen-bond donors (Lipinski definition) is 2. The van der Waals surface area contributed by atoms with Crippen molar-refractivity contribution in [1.29, 1.82) is 0 Å². The highest BCUT2D eigenvalue weighted by Gasteiger charge is 2.20. The Morgan fingerprint density at radius 1 is 1.20 bits per heavy atom. The van der Waals surface area contributed by atoms with Crippen molar-refractivity contribution in [2.24, 2.45) is 5.73 Å². The summed E-state index contributed by atoms with van der Waals surface area (Å²) in [6.45, 7) is 0. The monoisotopic (exact) mass is 358 g/mol. The third-order valence-corrected chi connectivity index (χ3v) is 3.86. The van der Waals surface area contributed by atoms with Gasteiger partial charge in [0.15, 0.2) is 5.69 Å². The van der Waals surface area contributed by atoms with E-state index in [0.717, 1.165) is 23.5 Å². The third kappa shape index (κ3) is 3.96. The molecule has 0 saturated heterocycles. The van der Waals surface area contributed by atoms with E-state index in [1.807, 2.05) is 0 Å². The fourth-order valence-corrected chi connectivity index (χ4v) is 2.72. The summed E-state index contributed by atoms with van der Waals surface area (Å²) in [6, 6.07) is 8.30. The first-order chi connectivity index (χ1) is 12.0. The van der Waals surface area contributed by atoms with Crippen LogP contribution in [0.1, 0.15) is 20.8 Å². The van der Waals surface area contributed by atoms with Gasteiger partial charge in [0, 0.05) is 11.8 Å². The molecule has 3 rings (SSSR count). The Morgan fingerprint density at radius 3 is 2.60 bits per heavy atom. The molecule has 0 aliphatic rings. The predicted molar refractivity (Wildman–Crippen MR) is 89.3 cm³/mol. The molecule has 9 heteroatoms. The van der Waals surface area contributed by atoms with Gasteiger partial charge in [-0.1, -0.05) is 11.3 Å². The quantitative estimate of drug-likeness (QED) is 0.729. The number of halogens is 1. The molecule has 0 bridgehead atoms. The molecular formula is C16H11FN4O3S. The van der Waals surface area contributed by atoms with Crippen LogP contribution in [-0.4, -0.2) is 21.8 Å². The minimum atomic E-state index is -0.813. The smallest absolute Gasteiger partial charge is 0.281 e. The number of amides is 2. The number of nitrogens with two attached hydrogens (primary N) is 1. The number of carbonyl (C=O) groups is 2. The van der Waals surface area contributed by atoms with Gasteiger partial charge in [-0.3, -0.25) is 14.6 Å². The summed E-state index contributed by atoms with van der Waals surface area (Å²) in [5, 5.41) is 2.79. The van der Waals surface area contributed by atoms with Gasteiger partial charge >= 0.3 is 0 Å². The van der Waals surface area contributed by atoms with Crippen LogP contribution in [0, 0.1) is 5.82 Å². The molecule has 0 radical (unpaired) electrons. The number of carbonyl (C=O) groups excluding carboxylic acids is 2. The molecule has 2 amide bonds. The molecule has 0 aliphatic carbocycles. The molecule has 0 fully saturated rings. The van der Waals surface area contributed by atoms with Gasteiger partial charge in [0.25, 0.3) is 17.0 Å². The minimum absolute atomic E-state index is 0.121. The van der Waals surface area contributed by atoms with Crippen molar-refractivity contribution < 1.29 is 18.7 Å². The summed E-state index contributed by atoms with van der Waals surface area (Å²) >= 11 is 0.941. The van der Waals surface area contributed by atoms with E-state index in [4.69, 9.17) is 10.5 Å². The Balaban J connectivity index is 1.83. The number of anilines is 1. The standard InChI is InChI=1S/C16H11FN4O3S/c17-10-5-3-9(4-6-10)14(23)21-15-12(13(18)22)20-16(25-15)24-11-2-1-7-19-8-11/h1-8H,(H2,18,22)(H,21,23). The summed E-state index contributed by atoms with van der Waals surface area (Å²) in [6.07, 6.45) is 3.06. The molecule has 3 N–H and O–H groups in total. The van der Waals surface area contributed by atoms with E-state index in [1.54, 1.807) is 18.3 Å². The van der Waals surface area contributed by atoms with Gasteiger partial charge in [-0.2, -0.15) is 4.98 Å².